The topological polar surface area (TPSA) is 62.4 Å². The summed E-state index contributed by atoms with van der Waals surface area (Å²) in [7, 11) is 0. The third-order valence-electron chi connectivity index (χ3n) is 2.24. The van der Waals surface area contributed by atoms with Gasteiger partial charge in [-0.1, -0.05) is 23.7 Å². The van der Waals surface area contributed by atoms with E-state index in [0.717, 1.165) is 10.6 Å². The standard InChI is InChI=1S/C12H19ClN4/c1-8(2)15-12(17-14)16-9(3)10-4-6-11(13)7-5-10/h4-9H,14H2,1-3H3,(H2,15,16,17). The lowest BCUT2D eigenvalue weighted by atomic mass is 10.1. The molecule has 4 nitrogen and oxygen atoms in total. The average Bonchev–Trinajstić information content (AvgIpc) is 2.28. The monoisotopic (exact) mass is 254 g/mol. The van der Waals surface area contributed by atoms with Crippen molar-refractivity contribution in [3.05, 3.63) is 34.9 Å². The van der Waals surface area contributed by atoms with Gasteiger partial charge in [0, 0.05) is 11.1 Å². The van der Waals surface area contributed by atoms with Crippen LogP contribution in [0.1, 0.15) is 32.4 Å². The fourth-order valence-corrected chi connectivity index (χ4v) is 1.53. The zero-order valence-corrected chi connectivity index (χ0v) is 11.1. The molecule has 17 heavy (non-hydrogen) atoms. The van der Waals surface area contributed by atoms with Gasteiger partial charge in [0.15, 0.2) is 0 Å². The van der Waals surface area contributed by atoms with Gasteiger partial charge in [0.05, 0.1) is 6.04 Å². The molecular formula is C12H19ClN4. The van der Waals surface area contributed by atoms with Crippen molar-refractivity contribution in [2.24, 2.45) is 10.8 Å². The summed E-state index contributed by atoms with van der Waals surface area (Å²) < 4.78 is 0. The van der Waals surface area contributed by atoms with Crippen molar-refractivity contribution < 1.29 is 0 Å². The quantitative estimate of drug-likeness (QED) is 0.335. The van der Waals surface area contributed by atoms with E-state index < -0.39 is 0 Å². The van der Waals surface area contributed by atoms with E-state index in [1.807, 2.05) is 45.0 Å². The number of benzene rings is 1. The maximum Gasteiger partial charge on any atom is 0.206 e. The molecule has 1 rings (SSSR count). The van der Waals surface area contributed by atoms with Gasteiger partial charge in [-0.2, -0.15) is 0 Å². The molecule has 0 aromatic heterocycles. The molecule has 1 atom stereocenters. The molecular weight excluding hydrogens is 236 g/mol. The highest BCUT2D eigenvalue weighted by Crippen LogP contribution is 2.18. The third-order valence-corrected chi connectivity index (χ3v) is 2.49. The molecule has 0 bridgehead atoms. The predicted octanol–water partition coefficient (Wildman–Crippen LogP) is 2.22. The molecule has 0 heterocycles. The van der Waals surface area contributed by atoms with E-state index in [1.165, 1.54) is 0 Å². The zero-order chi connectivity index (χ0) is 12.8. The predicted molar refractivity (Wildman–Crippen MR) is 72.9 cm³/mol. The van der Waals surface area contributed by atoms with Gasteiger partial charge < -0.3 is 5.32 Å². The minimum absolute atomic E-state index is 0.0181. The molecule has 0 aliphatic carbocycles. The molecule has 0 aliphatic heterocycles. The van der Waals surface area contributed by atoms with Crippen molar-refractivity contribution in [2.45, 2.75) is 32.9 Å². The summed E-state index contributed by atoms with van der Waals surface area (Å²) in [6.45, 7) is 6.06. The fourth-order valence-electron chi connectivity index (χ4n) is 1.40. The van der Waals surface area contributed by atoms with Crippen LogP contribution in [0.2, 0.25) is 5.02 Å². The van der Waals surface area contributed by atoms with Gasteiger partial charge in [-0.3, -0.25) is 5.43 Å². The van der Waals surface area contributed by atoms with Crippen molar-refractivity contribution >= 4 is 17.6 Å². The van der Waals surface area contributed by atoms with Crippen LogP contribution in [0.5, 0.6) is 0 Å². The van der Waals surface area contributed by atoms with Gasteiger partial charge in [0.1, 0.15) is 0 Å². The first kappa shape index (κ1) is 13.8. The van der Waals surface area contributed by atoms with Gasteiger partial charge >= 0.3 is 0 Å². The van der Waals surface area contributed by atoms with Crippen LogP contribution in [0.3, 0.4) is 0 Å². The average molecular weight is 255 g/mol. The number of rotatable bonds is 3. The van der Waals surface area contributed by atoms with Gasteiger partial charge in [0.25, 0.3) is 0 Å². The minimum atomic E-state index is 0.0181. The van der Waals surface area contributed by atoms with E-state index in [0.29, 0.717) is 5.96 Å². The second-order valence-corrected chi connectivity index (χ2v) is 4.59. The molecule has 0 spiro atoms. The second-order valence-electron chi connectivity index (χ2n) is 4.15. The van der Waals surface area contributed by atoms with Crippen molar-refractivity contribution in [2.75, 3.05) is 0 Å². The Morgan fingerprint density at radius 3 is 2.29 bits per heavy atom. The summed E-state index contributed by atoms with van der Waals surface area (Å²) >= 11 is 5.84. The number of guanidine groups is 1. The first-order chi connectivity index (χ1) is 8.02. The first-order valence-electron chi connectivity index (χ1n) is 5.59. The summed E-state index contributed by atoms with van der Waals surface area (Å²) in [5.74, 6) is 5.99. The number of nitrogens with two attached hydrogens (primary N) is 1. The van der Waals surface area contributed by atoms with Crippen LogP contribution in [0, 0.1) is 0 Å². The number of halogens is 1. The van der Waals surface area contributed by atoms with Crippen LogP contribution in [-0.4, -0.2) is 12.0 Å². The summed E-state index contributed by atoms with van der Waals surface area (Å²) in [6, 6.07) is 7.93. The molecule has 1 aromatic carbocycles. The normalized spacial score (nSPS) is 13.6. The Labute approximate surface area is 107 Å². The van der Waals surface area contributed by atoms with Gasteiger partial charge in [0.2, 0.25) is 5.96 Å². The van der Waals surface area contributed by atoms with E-state index in [-0.39, 0.29) is 12.1 Å². The van der Waals surface area contributed by atoms with E-state index in [9.17, 15) is 0 Å². The Morgan fingerprint density at radius 2 is 1.82 bits per heavy atom. The molecule has 0 saturated carbocycles. The second kappa shape index (κ2) is 6.47. The van der Waals surface area contributed by atoms with E-state index in [1.54, 1.807) is 0 Å². The number of hydrazine groups is 1. The van der Waals surface area contributed by atoms with Crippen molar-refractivity contribution in [1.82, 2.24) is 10.7 Å². The van der Waals surface area contributed by atoms with Gasteiger partial charge in [-0.25, -0.2) is 10.8 Å². The molecule has 0 fully saturated rings. The van der Waals surface area contributed by atoms with Crippen LogP contribution in [0.4, 0.5) is 0 Å². The molecule has 4 N–H and O–H groups in total. The lowest BCUT2D eigenvalue weighted by molar-refractivity contribution is 0.688. The largest absolute Gasteiger partial charge is 0.353 e. The lowest BCUT2D eigenvalue weighted by Gasteiger charge is -2.15. The zero-order valence-electron chi connectivity index (χ0n) is 10.4. The SMILES string of the molecule is CC(C)NC(=NC(C)c1ccc(Cl)cc1)NN. The molecule has 5 heteroatoms. The Bertz CT molecular complexity index is 373. The van der Waals surface area contributed by atoms with Crippen LogP contribution in [0.25, 0.3) is 0 Å². The lowest BCUT2D eigenvalue weighted by Crippen LogP contribution is -2.44. The van der Waals surface area contributed by atoms with E-state index in [2.05, 4.69) is 15.7 Å². The summed E-state index contributed by atoms with van der Waals surface area (Å²) in [6.07, 6.45) is 0. The van der Waals surface area contributed by atoms with Gasteiger partial charge in [-0.05, 0) is 38.5 Å². The van der Waals surface area contributed by atoms with E-state index >= 15 is 0 Å². The van der Waals surface area contributed by atoms with Gasteiger partial charge in [-0.15, -0.1) is 0 Å². The summed E-state index contributed by atoms with van der Waals surface area (Å²) in [5, 5.41) is 3.85. The smallest absolute Gasteiger partial charge is 0.206 e. The van der Waals surface area contributed by atoms with Crippen molar-refractivity contribution in [1.29, 1.82) is 0 Å². The first-order valence-corrected chi connectivity index (χ1v) is 5.97. The molecule has 0 saturated heterocycles. The third kappa shape index (κ3) is 4.63. The maximum absolute atomic E-state index is 5.84. The highest BCUT2D eigenvalue weighted by Gasteiger charge is 2.06. The Morgan fingerprint density at radius 1 is 1.24 bits per heavy atom. The minimum Gasteiger partial charge on any atom is -0.353 e. The van der Waals surface area contributed by atoms with Crippen molar-refractivity contribution in [3.63, 3.8) is 0 Å². The fraction of sp³-hybridized carbons (Fsp3) is 0.417. The molecule has 1 unspecified atom stereocenters. The highest BCUT2D eigenvalue weighted by molar-refractivity contribution is 6.30. The van der Waals surface area contributed by atoms with Crippen LogP contribution >= 0.6 is 11.6 Å². The Hall–Kier alpha value is -1.26. The molecule has 0 radical (unpaired) electrons. The maximum atomic E-state index is 5.84. The number of nitrogens with one attached hydrogen (secondary N) is 2. The van der Waals surface area contributed by atoms with Crippen LogP contribution in [0.15, 0.2) is 29.3 Å². The molecule has 1 aromatic rings. The summed E-state index contributed by atoms with van der Waals surface area (Å²) in [4.78, 5) is 4.46. The van der Waals surface area contributed by atoms with Crippen molar-refractivity contribution in [3.8, 4) is 0 Å². The number of nitrogens with zero attached hydrogens (tertiary/aromatic N) is 1. The van der Waals surface area contributed by atoms with Crippen LogP contribution < -0.4 is 16.6 Å². The number of hydrogen-bond donors (Lipinski definition) is 3. The highest BCUT2D eigenvalue weighted by atomic mass is 35.5. The Kier molecular flexibility index (Phi) is 5.25. The number of aliphatic imine (C=N–C) groups is 1. The van der Waals surface area contributed by atoms with Crippen LogP contribution in [-0.2, 0) is 0 Å². The number of hydrogen-bond acceptors (Lipinski definition) is 2. The Balaban J connectivity index is 2.77. The molecule has 0 amide bonds. The van der Waals surface area contributed by atoms with E-state index in [4.69, 9.17) is 17.4 Å². The molecule has 0 aliphatic rings. The molecule has 94 valence electrons. The summed E-state index contributed by atoms with van der Waals surface area (Å²) in [5.41, 5.74) is 3.65.